The Morgan fingerprint density at radius 1 is 0.964 bits per heavy atom. The molecular weight excluding hydrogens is 403 g/mol. The number of carbonyl (C=O) groups is 1. The molecule has 0 heterocycles. The van der Waals surface area contributed by atoms with Crippen LogP contribution in [0.4, 0.5) is 39.5 Å². The molecule has 1 unspecified atom stereocenters. The maximum absolute atomic E-state index is 14.8. The molecule has 0 saturated carbocycles. The van der Waals surface area contributed by atoms with Crippen LogP contribution in [0.15, 0.2) is 42.5 Å². The second-order valence-corrected chi connectivity index (χ2v) is 6.42. The van der Waals surface area contributed by atoms with Gasteiger partial charge in [-0.2, -0.15) is 39.5 Å². The van der Waals surface area contributed by atoms with E-state index in [1.165, 1.54) is 6.07 Å². The molecule has 1 aromatic carbocycles. The van der Waals surface area contributed by atoms with Crippen LogP contribution >= 0.6 is 0 Å². The van der Waals surface area contributed by atoms with Crippen molar-refractivity contribution >= 4 is 11.9 Å². The summed E-state index contributed by atoms with van der Waals surface area (Å²) in [5.74, 6) is -21.8. The topological polar surface area (TPSA) is 17.1 Å². The Labute approximate surface area is 153 Å². The number of halogens is 9. The molecule has 0 bridgehead atoms. The standard InChI is InChI=1S/C18H13F9O/c1-3-6-11-9-10-7-4-5-8-12(10)14(2,13(11)28)15(19,20)16(21,22)17(23,24)18(25,26)27/h3-5,7-9H,1,6H2,2H3. The largest absolute Gasteiger partial charge is 0.460 e. The van der Waals surface area contributed by atoms with Crippen molar-refractivity contribution in [2.45, 2.75) is 42.7 Å². The monoisotopic (exact) mass is 416 g/mol. The van der Waals surface area contributed by atoms with Gasteiger partial charge in [-0.05, 0) is 30.5 Å². The number of allylic oxidation sites excluding steroid dienone is 2. The van der Waals surface area contributed by atoms with Crippen molar-refractivity contribution in [2.24, 2.45) is 0 Å². The lowest BCUT2D eigenvalue weighted by atomic mass is 9.64. The van der Waals surface area contributed by atoms with E-state index in [9.17, 15) is 44.3 Å². The third-order valence-corrected chi connectivity index (χ3v) is 4.71. The second-order valence-electron chi connectivity index (χ2n) is 6.42. The Morgan fingerprint density at radius 3 is 2.00 bits per heavy atom. The van der Waals surface area contributed by atoms with Crippen LogP contribution in [0.25, 0.3) is 6.08 Å². The number of hydrogen-bond acceptors (Lipinski definition) is 1. The van der Waals surface area contributed by atoms with E-state index >= 15 is 0 Å². The lowest BCUT2D eigenvalue weighted by Gasteiger charge is -2.45. The van der Waals surface area contributed by atoms with Crippen LogP contribution in [-0.2, 0) is 10.2 Å². The molecule has 0 amide bonds. The molecule has 0 aromatic heterocycles. The first-order valence-electron chi connectivity index (χ1n) is 7.73. The van der Waals surface area contributed by atoms with Gasteiger partial charge in [-0.1, -0.05) is 30.3 Å². The molecule has 1 aliphatic carbocycles. The number of Topliss-reactive ketones (excluding diaryl/α,β-unsaturated/α-hetero) is 1. The van der Waals surface area contributed by atoms with Crippen molar-refractivity contribution in [1.82, 2.24) is 0 Å². The van der Waals surface area contributed by atoms with Gasteiger partial charge in [-0.3, -0.25) is 4.79 Å². The summed E-state index contributed by atoms with van der Waals surface area (Å²) in [6, 6.07) is 4.34. The molecule has 28 heavy (non-hydrogen) atoms. The molecule has 0 N–H and O–H groups in total. The molecule has 0 fully saturated rings. The Morgan fingerprint density at radius 2 is 1.50 bits per heavy atom. The zero-order valence-electron chi connectivity index (χ0n) is 14.2. The highest BCUT2D eigenvalue weighted by atomic mass is 19.4. The number of fused-ring (bicyclic) bond motifs is 1. The molecule has 10 heteroatoms. The van der Waals surface area contributed by atoms with Crippen LogP contribution in [0.5, 0.6) is 0 Å². The van der Waals surface area contributed by atoms with E-state index < -0.39 is 46.3 Å². The van der Waals surface area contributed by atoms with Crippen LogP contribution in [0, 0.1) is 0 Å². The van der Waals surface area contributed by atoms with Gasteiger partial charge in [-0.25, -0.2) is 0 Å². The van der Waals surface area contributed by atoms with Gasteiger partial charge in [0.25, 0.3) is 0 Å². The summed E-state index contributed by atoms with van der Waals surface area (Å²) in [5.41, 5.74) is -5.10. The van der Waals surface area contributed by atoms with Crippen LogP contribution in [0.3, 0.4) is 0 Å². The molecule has 1 atom stereocenters. The summed E-state index contributed by atoms with van der Waals surface area (Å²) in [6.07, 6.45) is -5.18. The third kappa shape index (κ3) is 2.68. The molecule has 154 valence electrons. The van der Waals surface area contributed by atoms with Crippen molar-refractivity contribution in [1.29, 1.82) is 0 Å². The normalized spacial score (nSPS) is 21.2. The average molecular weight is 416 g/mol. The quantitative estimate of drug-likeness (QED) is 0.428. The maximum Gasteiger partial charge on any atom is 0.460 e. The summed E-state index contributed by atoms with van der Waals surface area (Å²) in [6.45, 7) is 3.52. The van der Waals surface area contributed by atoms with E-state index in [2.05, 4.69) is 6.58 Å². The van der Waals surface area contributed by atoms with Crippen LogP contribution in [0.1, 0.15) is 24.5 Å². The predicted molar refractivity (Wildman–Crippen MR) is 82.5 cm³/mol. The Kier molecular flexibility index (Phi) is 5.02. The minimum absolute atomic E-state index is 0.174. The SMILES string of the molecule is C=CCC1=Cc2ccccc2C(C)(C(F)(F)C(F)(F)C(F)(F)C(F)(F)F)C1=O. The number of benzene rings is 1. The minimum atomic E-state index is -7.08. The summed E-state index contributed by atoms with van der Waals surface area (Å²) in [7, 11) is 0. The molecule has 2 rings (SSSR count). The molecule has 1 aromatic rings. The molecule has 0 saturated heterocycles. The Bertz CT molecular complexity index is 836. The molecule has 0 aliphatic heterocycles. The van der Waals surface area contributed by atoms with Crippen LogP contribution < -0.4 is 0 Å². The second kappa shape index (κ2) is 6.38. The summed E-state index contributed by atoms with van der Waals surface area (Å²) < 4.78 is 122. The van der Waals surface area contributed by atoms with E-state index in [0.717, 1.165) is 30.4 Å². The van der Waals surface area contributed by atoms with Crippen molar-refractivity contribution < 1.29 is 44.3 Å². The highest BCUT2D eigenvalue weighted by Gasteiger charge is 2.86. The Balaban J connectivity index is 2.81. The van der Waals surface area contributed by atoms with Crippen LogP contribution in [-0.4, -0.2) is 29.7 Å². The summed E-state index contributed by atoms with van der Waals surface area (Å²) in [5, 5.41) is 0. The summed E-state index contributed by atoms with van der Waals surface area (Å²) in [4.78, 5) is 12.6. The van der Waals surface area contributed by atoms with Crippen molar-refractivity contribution in [3.8, 4) is 0 Å². The molecule has 1 nitrogen and oxygen atoms in total. The molecule has 1 aliphatic rings. The highest BCUT2D eigenvalue weighted by Crippen LogP contribution is 2.60. The lowest BCUT2D eigenvalue weighted by molar-refractivity contribution is -0.402. The van der Waals surface area contributed by atoms with Crippen LogP contribution in [0.2, 0.25) is 0 Å². The van der Waals surface area contributed by atoms with E-state index in [1.807, 2.05) is 0 Å². The van der Waals surface area contributed by atoms with Gasteiger partial charge < -0.3 is 0 Å². The van der Waals surface area contributed by atoms with Gasteiger partial charge in [0.05, 0.1) is 0 Å². The fourth-order valence-corrected chi connectivity index (χ4v) is 3.08. The highest BCUT2D eigenvalue weighted by molar-refractivity contribution is 6.10. The van der Waals surface area contributed by atoms with Gasteiger partial charge >= 0.3 is 23.9 Å². The van der Waals surface area contributed by atoms with Crippen molar-refractivity contribution in [3.05, 3.63) is 53.6 Å². The third-order valence-electron chi connectivity index (χ3n) is 4.71. The zero-order chi connectivity index (χ0) is 21.8. The average Bonchev–Trinajstić information content (AvgIpc) is 2.58. The van der Waals surface area contributed by atoms with Gasteiger partial charge in [-0.15, -0.1) is 6.58 Å². The number of rotatable bonds is 5. The zero-order valence-corrected chi connectivity index (χ0v) is 14.2. The van der Waals surface area contributed by atoms with Gasteiger partial charge in [0.1, 0.15) is 5.41 Å². The van der Waals surface area contributed by atoms with Gasteiger partial charge in [0.2, 0.25) is 0 Å². The number of carbonyl (C=O) groups excluding carboxylic acids is 1. The molecule has 0 spiro atoms. The first-order chi connectivity index (χ1) is 12.6. The number of hydrogen-bond donors (Lipinski definition) is 0. The van der Waals surface area contributed by atoms with E-state index in [-0.39, 0.29) is 18.9 Å². The fourth-order valence-electron chi connectivity index (χ4n) is 3.08. The van der Waals surface area contributed by atoms with Gasteiger partial charge in [0, 0.05) is 5.57 Å². The predicted octanol–water partition coefficient (Wildman–Crippen LogP) is 5.95. The smallest absolute Gasteiger partial charge is 0.293 e. The number of alkyl halides is 9. The molecular formula is C18H13F9O. The summed E-state index contributed by atoms with van der Waals surface area (Å²) >= 11 is 0. The first-order valence-corrected chi connectivity index (χ1v) is 7.73. The lowest BCUT2D eigenvalue weighted by Crippen LogP contribution is -2.69. The fraction of sp³-hybridized carbons (Fsp3) is 0.389. The van der Waals surface area contributed by atoms with E-state index in [1.54, 1.807) is 0 Å². The molecule has 0 radical (unpaired) electrons. The van der Waals surface area contributed by atoms with Crippen molar-refractivity contribution in [2.75, 3.05) is 0 Å². The van der Waals surface area contributed by atoms with E-state index in [0.29, 0.717) is 0 Å². The van der Waals surface area contributed by atoms with Crippen molar-refractivity contribution in [3.63, 3.8) is 0 Å². The number of ketones is 1. The van der Waals surface area contributed by atoms with Gasteiger partial charge in [0.15, 0.2) is 5.78 Å². The minimum Gasteiger partial charge on any atom is -0.293 e. The Hall–Kier alpha value is -2.26. The first kappa shape index (κ1) is 22.0. The maximum atomic E-state index is 14.8. The van der Waals surface area contributed by atoms with E-state index in [4.69, 9.17) is 0 Å².